The third-order valence-electron chi connectivity index (χ3n) is 3.82. The van der Waals surface area contributed by atoms with Crippen LogP contribution in [0.15, 0.2) is 48.5 Å². The van der Waals surface area contributed by atoms with E-state index in [-0.39, 0.29) is 6.10 Å². The van der Waals surface area contributed by atoms with E-state index in [0.29, 0.717) is 6.61 Å². The molecule has 0 radical (unpaired) electrons. The molecule has 21 heavy (non-hydrogen) atoms. The van der Waals surface area contributed by atoms with Gasteiger partial charge in [-0.1, -0.05) is 36.4 Å². The average Bonchev–Trinajstić information content (AvgIpc) is 2.53. The van der Waals surface area contributed by atoms with E-state index >= 15 is 0 Å². The highest BCUT2D eigenvalue weighted by Crippen LogP contribution is 2.27. The first-order chi connectivity index (χ1) is 10.4. The molecule has 3 rings (SSSR count). The Morgan fingerprint density at radius 1 is 1.19 bits per heavy atom. The highest BCUT2D eigenvalue weighted by molar-refractivity contribution is 5.46. The van der Waals surface area contributed by atoms with Gasteiger partial charge in [0, 0.05) is 19.3 Å². The maximum Gasteiger partial charge on any atom is 0.0999 e. The lowest BCUT2D eigenvalue weighted by atomic mass is 9.97. The molecule has 1 heterocycles. The summed E-state index contributed by atoms with van der Waals surface area (Å²) in [6.07, 6.45) is 1.14. The summed E-state index contributed by atoms with van der Waals surface area (Å²) in [5, 5.41) is 3.47. The number of anilines is 1. The third-order valence-corrected chi connectivity index (χ3v) is 3.82. The predicted octanol–water partition coefficient (Wildman–Crippen LogP) is 3.56. The van der Waals surface area contributed by atoms with Crippen LogP contribution in [0.3, 0.4) is 0 Å². The first-order valence-electron chi connectivity index (χ1n) is 7.38. The van der Waals surface area contributed by atoms with E-state index < -0.39 is 0 Å². The smallest absolute Gasteiger partial charge is 0.0999 e. The van der Waals surface area contributed by atoms with Crippen LogP contribution in [0.25, 0.3) is 0 Å². The van der Waals surface area contributed by atoms with Crippen molar-refractivity contribution in [1.82, 2.24) is 0 Å². The fourth-order valence-electron chi connectivity index (χ4n) is 2.79. The Bertz CT molecular complexity index is 597. The van der Waals surface area contributed by atoms with Gasteiger partial charge in [-0.15, -0.1) is 0 Å². The number of hydrogen-bond acceptors (Lipinski definition) is 3. The van der Waals surface area contributed by atoms with E-state index in [4.69, 9.17) is 9.47 Å². The van der Waals surface area contributed by atoms with Gasteiger partial charge in [0.2, 0.25) is 0 Å². The van der Waals surface area contributed by atoms with Gasteiger partial charge < -0.3 is 14.8 Å². The molecule has 1 atom stereocenters. The Hall–Kier alpha value is -1.84. The van der Waals surface area contributed by atoms with Crippen molar-refractivity contribution in [2.45, 2.75) is 19.1 Å². The Kier molecular flexibility index (Phi) is 4.53. The quantitative estimate of drug-likeness (QED) is 0.910. The van der Waals surface area contributed by atoms with E-state index in [1.165, 1.54) is 16.7 Å². The summed E-state index contributed by atoms with van der Waals surface area (Å²) in [6, 6.07) is 16.9. The van der Waals surface area contributed by atoms with Crippen molar-refractivity contribution < 1.29 is 9.47 Å². The lowest BCUT2D eigenvalue weighted by Gasteiger charge is -2.26. The van der Waals surface area contributed by atoms with E-state index in [9.17, 15) is 0 Å². The van der Waals surface area contributed by atoms with Crippen molar-refractivity contribution in [1.29, 1.82) is 0 Å². The van der Waals surface area contributed by atoms with Crippen LogP contribution in [-0.2, 0) is 22.5 Å². The number of benzene rings is 2. The van der Waals surface area contributed by atoms with Crippen LogP contribution >= 0.6 is 0 Å². The first kappa shape index (κ1) is 14.1. The largest absolute Gasteiger partial charge is 0.382 e. The van der Waals surface area contributed by atoms with Gasteiger partial charge in [-0.25, -0.2) is 0 Å². The Morgan fingerprint density at radius 3 is 3.00 bits per heavy atom. The fourth-order valence-corrected chi connectivity index (χ4v) is 2.79. The van der Waals surface area contributed by atoms with Gasteiger partial charge >= 0.3 is 0 Å². The number of methoxy groups -OCH3 is 1. The minimum absolute atomic E-state index is 0.126. The molecule has 0 bridgehead atoms. The minimum atomic E-state index is 0.126. The highest BCUT2D eigenvalue weighted by Gasteiger charge is 2.19. The summed E-state index contributed by atoms with van der Waals surface area (Å²) >= 11 is 0. The zero-order valence-corrected chi connectivity index (χ0v) is 12.3. The van der Waals surface area contributed by atoms with E-state index in [2.05, 4.69) is 47.8 Å². The van der Waals surface area contributed by atoms with Gasteiger partial charge in [0.25, 0.3) is 0 Å². The SMILES string of the molecule is COCc1cccc(NCC2OCCc3ccccc32)c1. The highest BCUT2D eigenvalue weighted by atomic mass is 16.5. The summed E-state index contributed by atoms with van der Waals surface area (Å²) in [6.45, 7) is 2.22. The van der Waals surface area contributed by atoms with Gasteiger partial charge in [0.1, 0.15) is 0 Å². The summed E-state index contributed by atoms with van der Waals surface area (Å²) in [5.41, 5.74) is 5.00. The lowest BCUT2D eigenvalue weighted by Crippen LogP contribution is -2.22. The van der Waals surface area contributed by atoms with Crippen molar-refractivity contribution in [3.05, 3.63) is 65.2 Å². The molecular formula is C18H21NO2. The molecule has 2 aromatic carbocycles. The number of nitrogens with one attached hydrogen (secondary N) is 1. The standard InChI is InChI=1S/C18H21NO2/c1-20-13-14-5-4-7-16(11-14)19-12-18-17-8-3-2-6-15(17)9-10-21-18/h2-8,11,18-19H,9-10,12-13H2,1H3. The predicted molar refractivity (Wildman–Crippen MR) is 84.5 cm³/mol. The molecule has 1 aliphatic rings. The molecule has 1 N–H and O–H groups in total. The molecule has 3 nitrogen and oxygen atoms in total. The third kappa shape index (κ3) is 3.43. The van der Waals surface area contributed by atoms with Crippen LogP contribution < -0.4 is 5.32 Å². The van der Waals surface area contributed by atoms with Crippen LogP contribution in [-0.4, -0.2) is 20.3 Å². The molecule has 0 saturated heterocycles. The Labute approximate surface area is 125 Å². The monoisotopic (exact) mass is 283 g/mol. The zero-order valence-electron chi connectivity index (χ0n) is 12.3. The molecule has 1 aliphatic heterocycles. The second-order valence-corrected chi connectivity index (χ2v) is 5.32. The fraction of sp³-hybridized carbons (Fsp3) is 0.333. The van der Waals surface area contributed by atoms with E-state index in [1.807, 2.05) is 6.07 Å². The minimum Gasteiger partial charge on any atom is -0.382 e. The van der Waals surface area contributed by atoms with Crippen LogP contribution in [0.1, 0.15) is 22.8 Å². The molecular weight excluding hydrogens is 262 g/mol. The van der Waals surface area contributed by atoms with Gasteiger partial charge in [0.05, 0.1) is 19.3 Å². The molecule has 0 spiro atoms. The summed E-state index contributed by atoms with van der Waals surface area (Å²) in [5.74, 6) is 0. The molecule has 3 heteroatoms. The van der Waals surface area contributed by atoms with E-state index in [1.54, 1.807) is 7.11 Å². The Balaban J connectivity index is 1.67. The maximum absolute atomic E-state index is 5.92. The maximum atomic E-state index is 5.92. The molecule has 110 valence electrons. The Morgan fingerprint density at radius 2 is 2.10 bits per heavy atom. The molecule has 1 unspecified atom stereocenters. The van der Waals surface area contributed by atoms with Crippen LogP contribution in [0.2, 0.25) is 0 Å². The summed E-state index contributed by atoms with van der Waals surface area (Å²) < 4.78 is 11.1. The number of rotatable bonds is 5. The molecule has 0 aromatic heterocycles. The zero-order chi connectivity index (χ0) is 14.5. The van der Waals surface area contributed by atoms with E-state index in [0.717, 1.165) is 25.3 Å². The molecule has 0 saturated carbocycles. The van der Waals surface area contributed by atoms with Crippen molar-refractivity contribution in [2.24, 2.45) is 0 Å². The van der Waals surface area contributed by atoms with Gasteiger partial charge in [0.15, 0.2) is 0 Å². The van der Waals surface area contributed by atoms with Crippen LogP contribution in [0, 0.1) is 0 Å². The molecule has 0 amide bonds. The summed E-state index contributed by atoms with van der Waals surface area (Å²) in [4.78, 5) is 0. The molecule has 2 aromatic rings. The molecule has 0 aliphatic carbocycles. The lowest BCUT2D eigenvalue weighted by molar-refractivity contribution is 0.0513. The van der Waals surface area contributed by atoms with Crippen molar-refractivity contribution >= 4 is 5.69 Å². The number of ether oxygens (including phenoxy) is 2. The summed E-state index contributed by atoms with van der Waals surface area (Å²) in [7, 11) is 1.72. The molecule has 0 fully saturated rings. The van der Waals surface area contributed by atoms with Crippen molar-refractivity contribution in [2.75, 3.05) is 25.6 Å². The van der Waals surface area contributed by atoms with Crippen molar-refractivity contribution in [3.8, 4) is 0 Å². The van der Waals surface area contributed by atoms with Crippen LogP contribution in [0.5, 0.6) is 0 Å². The second-order valence-electron chi connectivity index (χ2n) is 5.32. The number of fused-ring (bicyclic) bond motifs is 1. The van der Waals surface area contributed by atoms with Gasteiger partial charge in [-0.3, -0.25) is 0 Å². The number of hydrogen-bond donors (Lipinski definition) is 1. The van der Waals surface area contributed by atoms with Crippen molar-refractivity contribution in [3.63, 3.8) is 0 Å². The second kappa shape index (κ2) is 6.74. The normalized spacial score (nSPS) is 17.3. The van der Waals surface area contributed by atoms with Gasteiger partial charge in [-0.05, 0) is 35.2 Å². The topological polar surface area (TPSA) is 30.5 Å². The first-order valence-corrected chi connectivity index (χ1v) is 7.38. The average molecular weight is 283 g/mol. The van der Waals surface area contributed by atoms with Crippen LogP contribution in [0.4, 0.5) is 5.69 Å². The van der Waals surface area contributed by atoms with Gasteiger partial charge in [-0.2, -0.15) is 0 Å².